The van der Waals surface area contributed by atoms with Gasteiger partial charge in [0.1, 0.15) is 17.0 Å². The third kappa shape index (κ3) is 1.15. The van der Waals surface area contributed by atoms with E-state index in [1.165, 1.54) is 5.56 Å². The Hall–Kier alpha value is -2.10. The maximum Gasteiger partial charge on any atom is 0.166 e. The summed E-state index contributed by atoms with van der Waals surface area (Å²) in [4.78, 5) is 8.73. The molecule has 0 spiro atoms. The Kier molecular flexibility index (Phi) is 1.48. The number of pyridine rings is 2. The molecule has 3 aromatic rings. The number of nitrogen functional groups attached to an aromatic ring is 1. The van der Waals surface area contributed by atoms with Crippen LogP contribution in [0.2, 0.25) is 0 Å². The molecule has 0 aliphatic rings. The normalized spacial score (nSPS) is 11.3. The highest BCUT2D eigenvalue weighted by atomic mass is 15.1. The van der Waals surface area contributed by atoms with Gasteiger partial charge >= 0.3 is 0 Å². The summed E-state index contributed by atoms with van der Waals surface area (Å²) in [6.45, 7) is 2.04. The van der Waals surface area contributed by atoms with Crippen LogP contribution in [0.3, 0.4) is 0 Å². The first kappa shape index (κ1) is 8.23. The summed E-state index contributed by atoms with van der Waals surface area (Å²) < 4.78 is 1.94. The van der Waals surface area contributed by atoms with Crippen molar-refractivity contribution in [3.8, 4) is 0 Å². The molecule has 74 valence electrons. The predicted octanol–water partition coefficient (Wildman–Crippen LogP) is 1.77. The quantitative estimate of drug-likeness (QED) is 0.599. The van der Waals surface area contributed by atoms with Crippen LogP contribution in [0.4, 0.5) is 5.82 Å². The summed E-state index contributed by atoms with van der Waals surface area (Å²) in [5.74, 6) is 0.518. The molecule has 0 aliphatic heterocycles. The second-order valence-corrected chi connectivity index (χ2v) is 3.62. The van der Waals surface area contributed by atoms with E-state index in [1.807, 2.05) is 35.7 Å². The van der Waals surface area contributed by atoms with E-state index >= 15 is 0 Å². The Morgan fingerprint density at radius 3 is 2.93 bits per heavy atom. The molecular weight excluding hydrogens is 188 g/mol. The van der Waals surface area contributed by atoms with Gasteiger partial charge in [0.2, 0.25) is 0 Å². The number of nitrogens with two attached hydrogens (primary N) is 1. The first-order valence-electron chi connectivity index (χ1n) is 4.75. The zero-order valence-corrected chi connectivity index (χ0v) is 8.31. The third-order valence-electron chi connectivity index (χ3n) is 2.43. The van der Waals surface area contributed by atoms with Crippen molar-refractivity contribution in [2.45, 2.75) is 6.92 Å². The lowest BCUT2D eigenvalue weighted by Crippen LogP contribution is -1.91. The van der Waals surface area contributed by atoms with E-state index in [-0.39, 0.29) is 0 Å². The minimum Gasteiger partial charge on any atom is -0.384 e. The minimum atomic E-state index is 0.518. The summed E-state index contributed by atoms with van der Waals surface area (Å²) >= 11 is 0. The van der Waals surface area contributed by atoms with Gasteiger partial charge in [-0.2, -0.15) is 0 Å². The largest absolute Gasteiger partial charge is 0.384 e. The minimum absolute atomic E-state index is 0.518. The molecule has 4 heteroatoms. The zero-order chi connectivity index (χ0) is 10.4. The topological polar surface area (TPSA) is 56.2 Å². The number of aryl methyl sites for hydroxylation is 1. The monoisotopic (exact) mass is 198 g/mol. The van der Waals surface area contributed by atoms with Crippen molar-refractivity contribution in [3.05, 3.63) is 36.0 Å². The molecule has 0 radical (unpaired) electrons. The van der Waals surface area contributed by atoms with Crippen LogP contribution < -0.4 is 5.73 Å². The van der Waals surface area contributed by atoms with Crippen molar-refractivity contribution in [3.63, 3.8) is 0 Å². The molecule has 0 unspecified atom stereocenters. The summed E-state index contributed by atoms with van der Waals surface area (Å²) in [7, 11) is 0. The fourth-order valence-corrected chi connectivity index (χ4v) is 1.70. The number of anilines is 1. The Morgan fingerprint density at radius 1 is 1.20 bits per heavy atom. The molecule has 0 amide bonds. The van der Waals surface area contributed by atoms with Crippen molar-refractivity contribution in [1.29, 1.82) is 0 Å². The standard InChI is InChI=1S/C11H10N4/c1-7-4-5-15-10(6-7)13-8-2-3-9(12)14-11(8)15/h2-6H,1H3,(H2,12,14). The molecule has 0 atom stereocenters. The number of hydrogen-bond donors (Lipinski definition) is 1. The molecule has 4 nitrogen and oxygen atoms in total. The molecule has 0 bridgehead atoms. The highest BCUT2D eigenvalue weighted by Crippen LogP contribution is 2.16. The van der Waals surface area contributed by atoms with E-state index in [1.54, 1.807) is 6.07 Å². The number of hydrogen-bond acceptors (Lipinski definition) is 3. The maximum absolute atomic E-state index is 5.65. The number of fused-ring (bicyclic) bond motifs is 3. The van der Waals surface area contributed by atoms with Crippen LogP contribution in [0, 0.1) is 6.92 Å². The molecule has 0 fully saturated rings. The van der Waals surface area contributed by atoms with E-state index in [9.17, 15) is 0 Å². The van der Waals surface area contributed by atoms with Crippen LogP contribution in [0.15, 0.2) is 30.5 Å². The van der Waals surface area contributed by atoms with Gasteiger partial charge in [0.25, 0.3) is 0 Å². The van der Waals surface area contributed by atoms with Crippen molar-refractivity contribution >= 4 is 22.6 Å². The van der Waals surface area contributed by atoms with E-state index < -0.39 is 0 Å². The zero-order valence-electron chi connectivity index (χ0n) is 8.31. The van der Waals surface area contributed by atoms with E-state index in [4.69, 9.17) is 5.73 Å². The highest BCUT2D eigenvalue weighted by molar-refractivity contribution is 5.78. The summed E-state index contributed by atoms with van der Waals surface area (Å²) in [6, 6.07) is 7.71. The van der Waals surface area contributed by atoms with Gasteiger partial charge in [-0.1, -0.05) is 0 Å². The molecule has 3 heterocycles. The van der Waals surface area contributed by atoms with E-state index in [2.05, 4.69) is 9.97 Å². The van der Waals surface area contributed by atoms with Crippen LogP contribution >= 0.6 is 0 Å². The van der Waals surface area contributed by atoms with Gasteiger partial charge in [-0.05, 0) is 36.8 Å². The van der Waals surface area contributed by atoms with Crippen molar-refractivity contribution < 1.29 is 0 Å². The lowest BCUT2D eigenvalue weighted by atomic mass is 10.3. The molecule has 3 rings (SSSR count). The first-order valence-corrected chi connectivity index (χ1v) is 4.75. The van der Waals surface area contributed by atoms with Crippen molar-refractivity contribution in [2.24, 2.45) is 0 Å². The Morgan fingerprint density at radius 2 is 2.07 bits per heavy atom. The van der Waals surface area contributed by atoms with Crippen molar-refractivity contribution in [1.82, 2.24) is 14.4 Å². The molecule has 0 saturated carbocycles. The number of rotatable bonds is 0. The Balaban J connectivity index is 2.53. The van der Waals surface area contributed by atoms with Gasteiger partial charge in [0.15, 0.2) is 5.65 Å². The first-order chi connectivity index (χ1) is 7.24. The average Bonchev–Trinajstić information content (AvgIpc) is 2.54. The number of nitrogens with zero attached hydrogens (tertiary/aromatic N) is 3. The fraction of sp³-hybridized carbons (Fsp3) is 0.0909. The average molecular weight is 198 g/mol. The molecule has 0 aliphatic carbocycles. The number of imidazole rings is 1. The lowest BCUT2D eigenvalue weighted by molar-refractivity contribution is 1.17. The van der Waals surface area contributed by atoms with Gasteiger partial charge in [-0.25, -0.2) is 9.97 Å². The van der Waals surface area contributed by atoms with Crippen LogP contribution in [0.1, 0.15) is 5.56 Å². The molecule has 15 heavy (non-hydrogen) atoms. The maximum atomic E-state index is 5.65. The second-order valence-electron chi connectivity index (χ2n) is 3.62. The smallest absolute Gasteiger partial charge is 0.166 e. The third-order valence-corrected chi connectivity index (χ3v) is 2.43. The van der Waals surface area contributed by atoms with Crippen LogP contribution in [-0.2, 0) is 0 Å². The summed E-state index contributed by atoms with van der Waals surface area (Å²) in [5, 5.41) is 0. The van der Waals surface area contributed by atoms with Gasteiger partial charge in [-0.3, -0.25) is 4.40 Å². The van der Waals surface area contributed by atoms with Crippen molar-refractivity contribution in [2.75, 3.05) is 5.73 Å². The molecule has 3 aromatic heterocycles. The second kappa shape index (κ2) is 2.70. The fourth-order valence-electron chi connectivity index (χ4n) is 1.70. The van der Waals surface area contributed by atoms with Gasteiger partial charge in [0.05, 0.1) is 0 Å². The van der Waals surface area contributed by atoms with Crippen LogP contribution in [0.5, 0.6) is 0 Å². The van der Waals surface area contributed by atoms with Gasteiger partial charge in [-0.15, -0.1) is 0 Å². The Bertz CT molecular complexity index is 654. The Labute approximate surface area is 86.4 Å². The number of aromatic nitrogens is 3. The molecule has 2 N–H and O–H groups in total. The molecular formula is C11H10N4. The van der Waals surface area contributed by atoms with Crippen LogP contribution in [0.25, 0.3) is 16.8 Å². The summed E-state index contributed by atoms with van der Waals surface area (Å²) in [5.41, 5.74) is 9.42. The van der Waals surface area contributed by atoms with E-state index in [0.717, 1.165) is 16.8 Å². The van der Waals surface area contributed by atoms with Gasteiger partial charge in [0, 0.05) is 6.20 Å². The van der Waals surface area contributed by atoms with E-state index in [0.29, 0.717) is 5.82 Å². The highest BCUT2D eigenvalue weighted by Gasteiger charge is 2.05. The SMILES string of the molecule is Cc1ccn2c(c1)nc1ccc(N)nc12. The molecule has 0 aromatic carbocycles. The lowest BCUT2D eigenvalue weighted by Gasteiger charge is -1.96. The molecule has 0 saturated heterocycles. The summed E-state index contributed by atoms with van der Waals surface area (Å²) in [6.07, 6.45) is 1.96. The van der Waals surface area contributed by atoms with Gasteiger partial charge < -0.3 is 5.73 Å². The van der Waals surface area contributed by atoms with Crippen LogP contribution in [-0.4, -0.2) is 14.4 Å². The predicted molar refractivity (Wildman–Crippen MR) is 59.6 cm³/mol.